The number of nitrogens with one attached hydrogen (secondary N) is 1. The van der Waals surface area contributed by atoms with Crippen LogP contribution in [0.5, 0.6) is 0 Å². The number of methoxy groups -OCH3 is 1. The molecule has 0 radical (unpaired) electrons. The summed E-state index contributed by atoms with van der Waals surface area (Å²) in [5.74, 6) is -1.17. The summed E-state index contributed by atoms with van der Waals surface area (Å²) < 4.78 is 12.1. The number of piperidine rings is 1. The van der Waals surface area contributed by atoms with Gasteiger partial charge in [-0.15, -0.1) is 0 Å². The lowest BCUT2D eigenvalue weighted by atomic mass is 9.66. The third-order valence-corrected chi connectivity index (χ3v) is 9.70. The summed E-state index contributed by atoms with van der Waals surface area (Å²) in [6.45, 7) is 2.58. The molecule has 224 valence electrons. The van der Waals surface area contributed by atoms with Crippen LogP contribution in [0.2, 0.25) is 0 Å². The predicted octanol–water partition coefficient (Wildman–Crippen LogP) is 5.92. The van der Waals surface area contributed by atoms with Crippen molar-refractivity contribution in [2.75, 3.05) is 7.11 Å². The quantitative estimate of drug-likeness (QED) is 0.335. The maximum absolute atomic E-state index is 14.4. The van der Waals surface area contributed by atoms with Gasteiger partial charge in [-0.3, -0.25) is 14.4 Å². The van der Waals surface area contributed by atoms with Crippen molar-refractivity contribution in [1.82, 2.24) is 10.2 Å². The minimum absolute atomic E-state index is 0.0253. The van der Waals surface area contributed by atoms with Gasteiger partial charge in [0.05, 0.1) is 25.9 Å². The molecule has 0 spiro atoms. The molecule has 2 heterocycles. The van der Waals surface area contributed by atoms with Gasteiger partial charge in [-0.25, -0.2) is 0 Å². The Morgan fingerprint density at radius 3 is 2.49 bits per heavy atom. The number of carbonyl (C=O) groups excluding carboxylic acids is 3. The second-order valence-electron chi connectivity index (χ2n) is 12.2. The number of benzene rings is 3. The number of hydrogen-bond acceptors (Lipinski definition) is 5. The smallest absolute Gasteiger partial charge is 0.320 e. The zero-order valence-electron chi connectivity index (χ0n) is 25.0. The SMILES string of the molecule is COC(=O)[C@]12C[C@H](CC(=O)NCc3ccccc3)C(=O)N(Cc3cccc4ccccc34)C1=C[C@H](C1CCCC1)O[C@@H]2C. The third kappa shape index (κ3) is 5.58. The Morgan fingerprint density at radius 2 is 1.72 bits per heavy atom. The van der Waals surface area contributed by atoms with Crippen molar-refractivity contribution in [3.8, 4) is 0 Å². The number of nitrogens with zero attached hydrogens (tertiary/aromatic N) is 1. The molecule has 6 rings (SSSR count). The Balaban J connectivity index is 1.38. The number of likely N-dealkylation sites (tertiary alicyclic amines) is 1. The highest BCUT2D eigenvalue weighted by Crippen LogP contribution is 2.52. The number of hydrogen-bond donors (Lipinski definition) is 1. The van der Waals surface area contributed by atoms with Gasteiger partial charge < -0.3 is 19.7 Å². The Hall–Kier alpha value is -3.97. The highest BCUT2D eigenvalue weighted by Gasteiger charge is 2.60. The van der Waals surface area contributed by atoms with Crippen molar-refractivity contribution in [2.24, 2.45) is 17.3 Å². The number of amides is 2. The van der Waals surface area contributed by atoms with E-state index in [4.69, 9.17) is 9.47 Å². The topological polar surface area (TPSA) is 84.9 Å². The molecule has 0 bridgehead atoms. The van der Waals surface area contributed by atoms with Crippen LogP contribution in [0.1, 0.15) is 56.6 Å². The molecule has 1 saturated heterocycles. The summed E-state index contributed by atoms with van der Waals surface area (Å²) in [5, 5.41) is 5.10. The highest BCUT2D eigenvalue weighted by molar-refractivity contribution is 5.93. The summed E-state index contributed by atoms with van der Waals surface area (Å²) in [6.07, 6.45) is 5.90. The van der Waals surface area contributed by atoms with Crippen molar-refractivity contribution in [2.45, 2.75) is 70.7 Å². The molecule has 3 aromatic rings. The first-order valence-electron chi connectivity index (χ1n) is 15.5. The molecule has 7 nitrogen and oxygen atoms in total. The predicted molar refractivity (Wildman–Crippen MR) is 164 cm³/mol. The number of rotatable bonds is 8. The maximum atomic E-state index is 14.4. The Kier molecular flexibility index (Phi) is 8.35. The molecule has 2 fully saturated rings. The lowest BCUT2D eigenvalue weighted by Gasteiger charge is -2.52. The lowest BCUT2D eigenvalue weighted by molar-refractivity contribution is -0.178. The van der Waals surface area contributed by atoms with Gasteiger partial charge in [0.15, 0.2) is 0 Å². The molecule has 3 aliphatic rings. The van der Waals surface area contributed by atoms with E-state index in [9.17, 15) is 14.4 Å². The van der Waals surface area contributed by atoms with Crippen LogP contribution in [0.4, 0.5) is 0 Å². The van der Waals surface area contributed by atoms with E-state index in [1.807, 2.05) is 67.6 Å². The molecule has 2 aliphatic heterocycles. The van der Waals surface area contributed by atoms with Gasteiger partial charge in [-0.2, -0.15) is 0 Å². The van der Waals surface area contributed by atoms with Gasteiger partial charge >= 0.3 is 5.97 Å². The molecule has 4 atom stereocenters. The molecule has 7 heteroatoms. The summed E-state index contributed by atoms with van der Waals surface area (Å²) in [5.41, 5.74) is 1.42. The van der Waals surface area contributed by atoms with Crippen LogP contribution in [-0.2, 0) is 36.9 Å². The normalized spacial score (nSPS) is 25.7. The van der Waals surface area contributed by atoms with E-state index in [0.717, 1.165) is 47.6 Å². The molecular weight excluding hydrogens is 540 g/mol. The first-order chi connectivity index (χ1) is 20.9. The molecule has 1 N–H and O–H groups in total. The largest absolute Gasteiger partial charge is 0.468 e. The van der Waals surface area contributed by atoms with Gasteiger partial charge in [-0.05, 0) is 60.1 Å². The Bertz CT molecular complexity index is 1520. The minimum Gasteiger partial charge on any atom is -0.468 e. The maximum Gasteiger partial charge on any atom is 0.320 e. The van der Waals surface area contributed by atoms with E-state index in [0.29, 0.717) is 18.2 Å². The fourth-order valence-electron chi connectivity index (χ4n) is 7.40. The third-order valence-electron chi connectivity index (χ3n) is 9.70. The van der Waals surface area contributed by atoms with Crippen LogP contribution in [-0.4, -0.2) is 42.0 Å². The van der Waals surface area contributed by atoms with Gasteiger partial charge in [0.25, 0.3) is 0 Å². The van der Waals surface area contributed by atoms with E-state index in [1.54, 1.807) is 4.90 Å². The zero-order chi connectivity index (χ0) is 30.0. The summed E-state index contributed by atoms with van der Waals surface area (Å²) in [6, 6.07) is 23.9. The second kappa shape index (κ2) is 12.3. The fourth-order valence-corrected chi connectivity index (χ4v) is 7.40. The summed E-state index contributed by atoms with van der Waals surface area (Å²) in [7, 11) is 1.39. The average Bonchev–Trinajstić information content (AvgIpc) is 3.58. The molecule has 2 amide bonds. The van der Waals surface area contributed by atoms with E-state index in [1.165, 1.54) is 7.11 Å². The van der Waals surface area contributed by atoms with Gasteiger partial charge in [-0.1, -0.05) is 85.6 Å². The number of esters is 1. The van der Waals surface area contributed by atoms with Gasteiger partial charge in [0, 0.05) is 24.6 Å². The molecule has 0 aromatic heterocycles. The minimum atomic E-state index is -1.20. The monoisotopic (exact) mass is 580 g/mol. The van der Waals surface area contributed by atoms with Crippen LogP contribution in [0.25, 0.3) is 10.8 Å². The Labute approximate surface area is 253 Å². The van der Waals surface area contributed by atoms with E-state index < -0.39 is 23.4 Å². The fraction of sp³-hybridized carbons (Fsp3) is 0.417. The van der Waals surface area contributed by atoms with Crippen molar-refractivity contribution in [1.29, 1.82) is 0 Å². The standard InChI is InChI=1S/C36H40N2O5/c1-24-36(35(41)42-2)21-29(19-33(39)37-22-25-11-4-3-5-12-25)34(40)38(32(36)20-31(43-24)27-14-6-7-15-27)23-28-17-10-16-26-13-8-9-18-30(26)28/h3-5,8-13,16-18,20,24,27,29,31H,6-7,14-15,19,21-23H2,1-2H3,(H,37,39)/t24-,29+,31-,36+/m1/s1. The van der Waals surface area contributed by atoms with Crippen LogP contribution in [0, 0.1) is 17.3 Å². The summed E-state index contributed by atoms with van der Waals surface area (Å²) in [4.78, 5) is 43.3. The van der Waals surface area contributed by atoms with Crippen molar-refractivity contribution in [3.05, 3.63) is 95.7 Å². The van der Waals surface area contributed by atoms with Crippen LogP contribution in [0.15, 0.2) is 84.6 Å². The van der Waals surface area contributed by atoms with Crippen LogP contribution >= 0.6 is 0 Å². The molecular formula is C36H40N2O5. The number of ether oxygens (including phenoxy) is 2. The molecule has 43 heavy (non-hydrogen) atoms. The highest BCUT2D eigenvalue weighted by atomic mass is 16.5. The number of fused-ring (bicyclic) bond motifs is 2. The van der Waals surface area contributed by atoms with E-state index in [2.05, 4.69) is 23.5 Å². The van der Waals surface area contributed by atoms with E-state index in [-0.39, 0.29) is 37.3 Å². The first-order valence-corrected chi connectivity index (χ1v) is 15.5. The molecule has 1 saturated carbocycles. The summed E-state index contributed by atoms with van der Waals surface area (Å²) >= 11 is 0. The number of carbonyl (C=O) groups is 3. The van der Waals surface area contributed by atoms with E-state index >= 15 is 0 Å². The average molecular weight is 581 g/mol. The van der Waals surface area contributed by atoms with Crippen molar-refractivity contribution < 1.29 is 23.9 Å². The van der Waals surface area contributed by atoms with Crippen molar-refractivity contribution >= 4 is 28.6 Å². The zero-order valence-corrected chi connectivity index (χ0v) is 25.0. The lowest BCUT2D eigenvalue weighted by Crippen LogP contribution is -2.60. The van der Waals surface area contributed by atoms with Crippen LogP contribution < -0.4 is 5.32 Å². The molecule has 0 unspecified atom stereocenters. The Morgan fingerprint density at radius 1 is 1.00 bits per heavy atom. The van der Waals surface area contributed by atoms with Crippen molar-refractivity contribution in [3.63, 3.8) is 0 Å². The van der Waals surface area contributed by atoms with Gasteiger partial charge in [0.2, 0.25) is 11.8 Å². The van der Waals surface area contributed by atoms with Crippen LogP contribution in [0.3, 0.4) is 0 Å². The molecule has 1 aliphatic carbocycles. The first kappa shape index (κ1) is 29.1. The van der Waals surface area contributed by atoms with Gasteiger partial charge in [0.1, 0.15) is 5.41 Å². The second-order valence-corrected chi connectivity index (χ2v) is 12.2. The molecule has 3 aromatic carbocycles.